The van der Waals surface area contributed by atoms with Crippen LogP contribution >= 0.6 is 0 Å². The van der Waals surface area contributed by atoms with Crippen LogP contribution in [0.5, 0.6) is 11.5 Å². The maximum Gasteiger partial charge on any atom is 0.423 e. The highest BCUT2D eigenvalue weighted by molar-refractivity contribution is 5.98. The average Bonchev–Trinajstić information content (AvgIpc) is 3.37. The lowest BCUT2D eigenvalue weighted by atomic mass is 10.1. The maximum absolute atomic E-state index is 13.2. The molecule has 2 aromatic carbocycles. The number of carbonyl (C=O) groups excluding carboxylic acids is 1. The molecule has 8 nitrogen and oxygen atoms in total. The van der Waals surface area contributed by atoms with Crippen molar-refractivity contribution in [2.45, 2.75) is 26.3 Å². The zero-order valence-electron chi connectivity index (χ0n) is 15.8. The van der Waals surface area contributed by atoms with Crippen molar-refractivity contribution in [1.29, 1.82) is 0 Å². The number of ether oxygens (including phenoxy) is 2. The number of fused-ring (bicyclic) bond motifs is 4. The van der Waals surface area contributed by atoms with Crippen molar-refractivity contribution in [3.05, 3.63) is 64.3 Å². The molecule has 0 unspecified atom stereocenters. The van der Waals surface area contributed by atoms with E-state index < -0.39 is 0 Å². The highest BCUT2D eigenvalue weighted by Gasteiger charge is 2.23. The number of aromatic amines is 1. The molecule has 2 aromatic heterocycles. The van der Waals surface area contributed by atoms with Gasteiger partial charge >= 0.3 is 5.69 Å². The molecule has 29 heavy (non-hydrogen) atoms. The Morgan fingerprint density at radius 2 is 2.00 bits per heavy atom. The minimum absolute atomic E-state index is 0.0993. The number of hydrogen-bond acceptors (Lipinski definition) is 5. The van der Waals surface area contributed by atoms with E-state index >= 15 is 0 Å². The molecule has 0 aliphatic carbocycles. The molecule has 1 aliphatic rings. The Balaban J connectivity index is 1.62. The summed E-state index contributed by atoms with van der Waals surface area (Å²) in [5.74, 6) is 1.70. The van der Waals surface area contributed by atoms with Crippen molar-refractivity contribution in [1.82, 2.24) is 14.2 Å². The molecule has 0 atom stereocenters. The van der Waals surface area contributed by atoms with Gasteiger partial charge in [-0.1, -0.05) is 19.1 Å². The summed E-state index contributed by atoms with van der Waals surface area (Å²) in [5.41, 5.74) is 1.43. The van der Waals surface area contributed by atoms with E-state index in [9.17, 15) is 9.59 Å². The summed E-state index contributed by atoms with van der Waals surface area (Å²) in [7, 11) is 0. The monoisotopic (exact) mass is 391 g/mol. The van der Waals surface area contributed by atoms with E-state index in [1.807, 2.05) is 24.3 Å². The highest BCUT2D eigenvalue weighted by atomic mass is 16.7. The standard InChI is InChI=1S/C21H18N4O4/c1-2-5-19-22-20-14-6-3-4-7-15(14)24(21(27)25(20)23-19)11-16(26)13-8-9-17-18(10-13)29-12-28-17/h3-4,6-10H,2,5,11-12H2,1H3/p+1. The third-order valence-corrected chi connectivity index (χ3v) is 5.04. The number of nitrogens with one attached hydrogen (secondary N) is 1. The van der Waals surface area contributed by atoms with E-state index in [2.05, 4.69) is 17.0 Å². The van der Waals surface area contributed by atoms with Gasteiger partial charge in [-0.3, -0.25) is 9.36 Å². The minimum Gasteiger partial charge on any atom is -0.454 e. The van der Waals surface area contributed by atoms with Gasteiger partial charge in [0.25, 0.3) is 11.5 Å². The smallest absolute Gasteiger partial charge is 0.423 e. The van der Waals surface area contributed by atoms with Crippen LogP contribution in [0.1, 0.15) is 29.5 Å². The van der Waals surface area contributed by atoms with E-state index in [1.165, 1.54) is 9.08 Å². The van der Waals surface area contributed by atoms with Gasteiger partial charge in [0, 0.05) is 12.0 Å². The second-order valence-electron chi connectivity index (χ2n) is 6.96. The Bertz CT molecular complexity index is 1320. The van der Waals surface area contributed by atoms with Crippen molar-refractivity contribution in [2.75, 3.05) is 6.79 Å². The van der Waals surface area contributed by atoms with Crippen LogP contribution in [0.4, 0.5) is 0 Å². The van der Waals surface area contributed by atoms with Crippen molar-refractivity contribution in [3.63, 3.8) is 0 Å². The topological polar surface area (TPSA) is 89.0 Å². The van der Waals surface area contributed by atoms with Crippen LogP contribution in [0.2, 0.25) is 0 Å². The molecular formula is C21H19N4O4+. The first kappa shape index (κ1) is 17.4. The first-order valence-corrected chi connectivity index (χ1v) is 9.51. The molecule has 0 amide bonds. The second kappa shape index (κ2) is 6.73. The molecular weight excluding hydrogens is 372 g/mol. The van der Waals surface area contributed by atoms with E-state index in [1.54, 1.807) is 18.2 Å². The number of benzene rings is 2. The Hall–Kier alpha value is -3.68. The lowest BCUT2D eigenvalue weighted by Gasteiger charge is -2.08. The van der Waals surface area contributed by atoms with Gasteiger partial charge in [-0.05, 0) is 41.3 Å². The van der Waals surface area contributed by atoms with Crippen LogP contribution in [-0.2, 0) is 13.0 Å². The van der Waals surface area contributed by atoms with E-state index in [4.69, 9.17) is 9.47 Å². The lowest BCUT2D eigenvalue weighted by Crippen LogP contribution is -2.31. The zero-order chi connectivity index (χ0) is 20.0. The third kappa shape index (κ3) is 2.84. The number of hydrogen-bond donors (Lipinski definition) is 0. The SMILES string of the molecule is CCCc1nn2c(=O)n(CC(=O)c3ccc4c(c3)OCO4)c3ccccc3c2[nH+]1. The Kier molecular flexibility index (Phi) is 4.04. The Morgan fingerprint density at radius 1 is 1.17 bits per heavy atom. The molecule has 8 heteroatoms. The summed E-state index contributed by atoms with van der Waals surface area (Å²) in [6.45, 7) is 2.10. The minimum atomic E-state index is -0.355. The predicted octanol–water partition coefficient (Wildman–Crippen LogP) is 2.03. The van der Waals surface area contributed by atoms with Crippen LogP contribution in [0, 0.1) is 0 Å². The number of rotatable bonds is 5. The molecule has 4 aromatic rings. The van der Waals surface area contributed by atoms with Crippen molar-refractivity contribution in [2.24, 2.45) is 0 Å². The van der Waals surface area contributed by atoms with Gasteiger partial charge in [-0.25, -0.2) is 9.78 Å². The number of aryl methyl sites for hydroxylation is 1. The molecule has 0 saturated heterocycles. The van der Waals surface area contributed by atoms with Crippen LogP contribution in [-0.4, -0.2) is 26.8 Å². The zero-order valence-corrected chi connectivity index (χ0v) is 15.8. The third-order valence-electron chi connectivity index (χ3n) is 5.04. The second-order valence-corrected chi connectivity index (χ2v) is 6.96. The van der Waals surface area contributed by atoms with Crippen LogP contribution in [0.3, 0.4) is 0 Å². The van der Waals surface area contributed by atoms with E-state index in [-0.39, 0.29) is 24.8 Å². The largest absolute Gasteiger partial charge is 0.454 e. The van der Waals surface area contributed by atoms with Gasteiger partial charge in [0.2, 0.25) is 6.79 Å². The van der Waals surface area contributed by atoms with E-state index in [0.29, 0.717) is 28.2 Å². The number of nitrogens with zero attached hydrogens (tertiary/aromatic N) is 3. The maximum atomic E-state index is 13.2. The Labute approximate surface area is 165 Å². The predicted molar refractivity (Wildman–Crippen MR) is 104 cm³/mol. The van der Waals surface area contributed by atoms with Crippen LogP contribution in [0.15, 0.2) is 47.3 Å². The van der Waals surface area contributed by atoms with Gasteiger partial charge in [0.1, 0.15) is 0 Å². The van der Waals surface area contributed by atoms with Crippen LogP contribution in [0.25, 0.3) is 16.6 Å². The molecule has 5 rings (SSSR count). The molecule has 1 aliphatic heterocycles. The normalized spacial score (nSPS) is 12.7. The number of H-pyrrole nitrogens is 1. The first-order valence-electron chi connectivity index (χ1n) is 9.51. The molecule has 0 bridgehead atoms. The summed E-state index contributed by atoms with van der Waals surface area (Å²) in [4.78, 5) is 29.4. The number of carbonyl (C=O) groups is 1. The lowest BCUT2D eigenvalue weighted by molar-refractivity contribution is -0.358. The summed E-state index contributed by atoms with van der Waals surface area (Å²) in [6, 6.07) is 12.5. The van der Waals surface area contributed by atoms with Crippen LogP contribution < -0.4 is 20.1 Å². The fourth-order valence-corrected chi connectivity index (χ4v) is 3.64. The molecule has 0 spiro atoms. The van der Waals surface area contributed by atoms with Crippen molar-refractivity contribution >= 4 is 22.3 Å². The molecule has 3 heterocycles. The molecule has 0 saturated carbocycles. The van der Waals surface area contributed by atoms with Crippen molar-refractivity contribution < 1.29 is 19.3 Å². The summed E-state index contributed by atoms with van der Waals surface area (Å²) in [6.07, 6.45) is 1.65. The molecule has 0 radical (unpaired) electrons. The van der Waals surface area contributed by atoms with Gasteiger partial charge in [-0.2, -0.15) is 0 Å². The summed E-state index contributed by atoms with van der Waals surface area (Å²) < 4.78 is 13.5. The Morgan fingerprint density at radius 3 is 2.86 bits per heavy atom. The quantitative estimate of drug-likeness (QED) is 0.486. The molecule has 1 N–H and O–H groups in total. The van der Waals surface area contributed by atoms with Gasteiger partial charge in [0.15, 0.2) is 17.3 Å². The highest BCUT2D eigenvalue weighted by Crippen LogP contribution is 2.32. The summed E-state index contributed by atoms with van der Waals surface area (Å²) in [5, 5.41) is 5.25. The van der Waals surface area contributed by atoms with Gasteiger partial charge in [0.05, 0.1) is 22.5 Å². The van der Waals surface area contributed by atoms with Gasteiger partial charge < -0.3 is 9.47 Å². The summed E-state index contributed by atoms with van der Waals surface area (Å²) >= 11 is 0. The van der Waals surface area contributed by atoms with Gasteiger partial charge in [-0.15, -0.1) is 0 Å². The number of aromatic nitrogens is 4. The fraction of sp³-hybridized carbons (Fsp3) is 0.238. The number of ketones is 1. The number of Topliss-reactive ketones (excluding diaryl/α,β-unsaturated/α-hetero) is 1. The fourth-order valence-electron chi connectivity index (χ4n) is 3.64. The van der Waals surface area contributed by atoms with E-state index in [0.717, 1.165) is 24.1 Å². The first-order chi connectivity index (χ1) is 14.2. The molecule has 146 valence electrons. The molecule has 0 fully saturated rings. The van der Waals surface area contributed by atoms with Crippen molar-refractivity contribution in [3.8, 4) is 11.5 Å². The number of para-hydroxylation sites is 1. The average molecular weight is 391 g/mol.